The number of methoxy groups -OCH3 is 1. The van der Waals surface area contributed by atoms with Crippen LogP contribution in [0.5, 0.6) is 17.2 Å². The molecule has 0 bridgehead atoms. The quantitative estimate of drug-likeness (QED) is 0.0958. The van der Waals surface area contributed by atoms with E-state index in [-0.39, 0.29) is 18.8 Å². The van der Waals surface area contributed by atoms with Crippen molar-refractivity contribution in [2.45, 2.75) is 26.1 Å². The molecule has 2 amide bonds. The number of hydrazone groups is 1. The van der Waals surface area contributed by atoms with Crippen LogP contribution in [0.2, 0.25) is 0 Å². The van der Waals surface area contributed by atoms with Crippen molar-refractivity contribution in [2.24, 2.45) is 5.10 Å². The van der Waals surface area contributed by atoms with E-state index in [1.54, 1.807) is 43.3 Å². The van der Waals surface area contributed by atoms with Gasteiger partial charge in [-0.1, -0.05) is 12.0 Å². The molecule has 12 heteroatoms. The fourth-order valence-electron chi connectivity index (χ4n) is 3.65. The van der Waals surface area contributed by atoms with Gasteiger partial charge in [0.1, 0.15) is 19.0 Å². The van der Waals surface area contributed by atoms with E-state index < -0.39 is 24.3 Å². The monoisotopic (exact) mass is 600 g/mol. The van der Waals surface area contributed by atoms with Crippen molar-refractivity contribution in [3.05, 3.63) is 63.3 Å². The third-order valence-electron chi connectivity index (χ3n) is 5.38. The molecule has 39 heavy (non-hydrogen) atoms. The Hall–Kier alpha value is -4.21. The summed E-state index contributed by atoms with van der Waals surface area (Å²) >= 11 is 3.41. The van der Waals surface area contributed by atoms with E-state index in [9.17, 15) is 14.7 Å². The molecule has 3 rings (SSSR count). The second-order valence-electron chi connectivity index (χ2n) is 8.10. The second-order valence-corrected chi connectivity index (χ2v) is 8.95. The zero-order valence-electron chi connectivity index (χ0n) is 21.6. The zero-order valence-corrected chi connectivity index (χ0v) is 23.2. The molecule has 0 spiro atoms. The predicted molar refractivity (Wildman–Crippen MR) is 147 cm³/mol. The fourth-order valence-corrected chi connectivity index (χ4v) is 4.16. The Labute approximate surface area is 234 Å². The van der Waals surface area contributed by atoms with E-state index in [4.69, 9.17) is 25.4 Å². The Balaban J connectivity index is 1.66. The molecular formula is C27H29BrN4O7. The van der Waals surface area contributed by atoms with E-state index in [1.165, 1.54) is 13.3 Å². The SMILES string of the molecule is C#CCOc1ccc(/C=N\N[C@H](O)COc2ccc([C@@H]3NC(=O)NC(C)=C3C(=O)OC)cc2OCC)cc1Br. The smallest absolute Gasteiger partial charge is 0.337 e. The van der Waals surface area contributed by atoms with Crippen LogP contribution in [0.15, 0.2) is 57.2 Å². The Bertz CT molecular complexity index is 1310. The number of rotatable bonds is 12. The maximum atomic E-state index is 12.4. The summed E-state index contributed by atoms with van der Waals surface area (Å²) in [4.78, 5) is 24.5. The number of hydrogen-bond donors (Lipinski definition) is 4. The molecule has 0 saturated carbocycles. The van der Waals surface area contributed by atoms with Crippen LogP contribution in [0.4, 0.5) is 4.79 Å². The van der Waals surface area contributed by atoms with Crippen LogP contribution in [0.1, 0.15) is 31.0 Å². The molecule has 4 N–H and O–H groups in total. The van der Waals surface area contributed by atoms with Crippen molar-refractivity contribution in [2.75, 3.05) is 26.9 Å². The average Bonchev–Trinajstić information content (AvgIpc) is 2.91. The van der Waals surface area contributed by atoms with Crippen LogP contribution in [0.3, 0.4) is 0 Å². The number of carbonyl (C=O) groups excluding carboxylic acids is 2. The van der Waals surface area contributed by atoms with Gasteiger partial charge in [0.15, 0.2) is 17.7 Å². The molecule has 1 heterocycles. The largest absolute Gasteiger partial charge is 0.490 e. The lowest BCUT2D eigenvalue weighted by atomic mass is 9.95. The van der Waals surface area contributed by atoms with Gasteiger partial charge in [0, 0.05) is 5.70 Å². The zero-order chi connectivity index (χ0) is 28.4. The van der Waals surface area contributed by atoms with Crippen molar-refractivity contribution >= 4 is 34.1 Å². The van der Waals surface area contributed by atoms with Crippen LogP contribution in [0, 0.1) is 12.3 Å². The number of amides is 2. The molecule has 11 nitrogen and oxygen atoms in total. The number of carbonyl (C=O) groups is 2. The van der Waals surface area contributed by atoms with Crippen molar-refractivity contribution in [1.82, 2.24) is 16.1 Å². The molecule has 2 aromatic carbocycles. The Kier molecular flexibility index (Phi) is 10.6. The third kappa shape index (κ3) is 7.89. The second kappa shape index (κ2) is 14.1. The molecule has 0 aromatic heterocycles. The lowest BCUT2D eigenvalue weighted by Crippen LogP contribution is -2.45. The maximum absolute atomic E-state index is 12.4. The number of nitrogens with zero attached hydrogens (tertiary/aromatic N) is 1. The minimum Gasteiger partial charge on any atom is -0.490 e. The lowest BCUT2D eigenvalue weighted by Gasteiger charge is -2.28. The minimum absolute atomic E-state index is 0.143. The molecule has 0 unspecified atom stereocenters. The first-order valence-electron chi connectivity index (χ1n) is 11.9. The summed E-state index contributed by atoms with van der Waals surface area (Å²) in [6.07, 6.45) is 5.61. The lowest BCUT2D eigenvalue weighted by molar-refractivity contribution is -0.136. The first-order chi connectivity index (χ1) is 18.8. The number of esters is 1. The number of allylic oxidation sites excluding steroid dienone is 1. The van der Waals surface area contributed by atoms with E-state index in [0.29, 0.717) is 39.6 Å². The number of halogens is 1. The number of urea groups is 1. The third-order valence-corrected chi connectivity index (χ3v) is 6.00. The summed E-state index contributed by atoms with van der Waals surface area (Å²) in [6, 6.07) is 9.13. The van der Waals surface area contributed by atoms with Gasteiger partial charge in [-0.05, 0) is 71.2 Å². The normalized spacial score (nSPS) is 15.6. The molecule has 0 aliphatic carbocycles. The Morgan fingerprint density at radius 2 is 2.00 bits per heavy atom. The van der Waals surface area contributed by atoms with E-state index >= 15 is 0 Å². The minimum atomic E-state index is -1.13. The van der Waals surface area contributed by atoms with Crippen LogP contribution in [0.25, 0.3) is 0 Å². The van der Waals surface area contributed by atoms with E-state index in [2.05, 4.69) is 43.0 Å². The number of hydrogen-bond acceptors (Lipinski definition) is 9. The average molecular weight is 601 g/mol. The first-order valence-corrected chi connectivity index (χ1v) is 12.6. The summed E-state index contributed by atoms with van der Waals surface area (Å²) in [5, 5.41) is 19.6. The molecule has 1 aliphatic heterocycles. The van der Waals surface area contributed by atoms with Gasteiger partial charge >= 0.3 is 12.0 Å². The number of aliphatic hydroxyl groups excluding tert-OH is 1. The van der Waals surface area contributed by atoms with Gasteiger partial charge in [0.05, 0.1) is 36.0 Å². The topological polar surface area (TPSA) is 140 Å². The maximum Gasteiger partial charge on any atom is 0.337 e. The van der Waals surface area contributed by atoms with Gasteiger partial charge in [-0.15, -0.1) is 6.42 Å². The highest BCUT2D eigenvalue weighted by molar-refractivity contribution is 9.10. The van der Waals surface area contributed by atoms with Gasteiger partial charge in [0.25, 0.3) is 0 Å². The molecular weight excluding hydrogens is 572 g/mol. The first kappa shape index (κ1) is 29.3. The van der Waals surface area contributed by atoms with Gasteiger partial charge in [0.2, 0.25) is 0 Å². The molecule has 206 valence electrons. The summed E-state index contributed by atoms with van der Waals surface area (Å²) in [5.41, 5.74) is 4.60. The van der Waals surface area contributed by atoms with Crippen LogP contribution < -0.4 is 30.3 Å². The van der Waals surface area contributed by atoms with Crippen LogP contribution >= 0.6 is 15.9 Å². The highest BCUT2D eigenvalue weighted by atomic mass is 79.9. The molecule has 0 radical (unpaired) electrons. The Morgan fingerprint density at radius 1 is 1.23 bits per heavy atom. The van der Waals surface area contributed by atoms with Crippen molar-refractivity contribution in [3.8, 4) is 29.6 Å². The fraction of sp³-hybridized carbons (Fsp3) is 0.296. The standard InChI is InChI=1S/C27H29BrN4O7/c1-5-11-38-20-9-7-17(12-19(20)28)14-29-32-23(33)15-39-21-10-8-18(13-22(21)37-6-2)25-24(26(34)36-4)16(3)30-27(35)31-25/h1,7-10,12-14,23,25,32-33H,6,11,15H2,2-4H3,(H2,30,31,35)/b29-14-/t23-,25+/m1/s1. The molecule has 2 aromatic rings. The highest BCUT2D eigenvalue weighted by Gasteiger charge is 2.32. The van der Waals surface area contributed by atoms with Crippen molar-refractivity contribution < 1.29 is 33.6 Å². The number of aliphatic hydroxyl groups is 1. The van der Waals surface area contributed by atoms with Gasteiger partial charge < -0.3 is 34.7 Å². The summed E-state index contributed by atoms with van der Waals surface area (Å²) in [7, 11) is 1.27. The molecule has 0 fully saturated rings. The summed E-state index contributed by atoms with van der Waals surface area (Å²) in [5.74, 6) is 3.17. The molecule has 0 saturated heterocycles. The van der Waals surface area contributed by atoms with E-state index in [1.807, 2.05) is 6.92 Å². The van der Waals surface area contributed by atoms with Crippen LogP contribution in [-0.4, -0.2) is 56.5 Å². The summed E-state index contributed by atoms with van der Waals surface area (Å²) < 4.78 is 22.5. The number of ether oxygens (including phenoxy) is 4. The van der Waals surface area contributed by atoms with Gasteiger partial charge in [-0.3, -0.25) is 5.43 Å². The number of benzene rings is 2. The Morgan fingerprint density at radius 3 is 2.69 bits per heavy atom. The number of terminal acetylenes is 1. The number of nitrogens with one attached hydrogen (secondary N) is 3. The predicted octanol–water partition coefficient (Wildman–Crippen LogP) is 2.98. The van der Waals surface area contributed by atoms with Gasteiger partial charge in [-0.25, -0.2) is 9.59 Å². The van der Waals surface area contributed by atoms with Crippen molar-refractivity contribution in [3.63, 3.8) is 0 Å². The summed E-state index contributed by atoms with van der Waals surface area (Å²) in [6.45, 7) is 3.79. The highest BCUT2D eigenvalue weighted by Crippen LogP contribution is 2.35. The molecule has 1 aliphatic rings. The van der Waals surface area contributed by atoms with Crippen LogP contribution in [-0.2, 0) is 9.53 Å². The molecule has 2 atom stereocenters. The van der Waals surface area contributed by atoms with E-state index in [0.717, 1.165) is 5.56 Å². The van der Waals surface area contributed by atoms with Crippen molar-refractivity contribution in [1.29, 1.82) is 0 Å². The van der Waals surface area contributed by atoms with Gasteiger partial charge in [-0.2, -0.15) is 5.10 Å².